The molecule has 1 aromatic carbocycles. The third-order valence-corrected chi connectivity index (χ3v) is 4.90. The fraction of sp³-hybridized carbons (Fsp3) is 0.471. The zero-order valence-electron chi connectivity index (χ0n) is 13.0. The van der Waals surface area contributed by atoms with E-state index in [0.717, 1.165) is 22.7 Å². The van der Waals surface area contributed by atoms with Crippen LogP contribution >= 0.6 is 11.3 Å². The first-order chi connectivity index (χ1) is 9.24. The summed E-state index contributed by atoms with van der Waals surface area (Å²) in [7, 11) is 0. The highest BCUT2D eigenvalue weighted by molar-refractivity contribution is 7.10. The van der Waals surface area contributed by atoms with Gasteiger partial charge < -0.3 is 5.73 Å². The Morgan fingerprint density at radius 2 is 1.70 bits per heavy atom. The van der Waals surface area contributed by atoms with Gasteiger partial charge in [0.1, 0.15) is 5.01 Å². The van der Waals surface area contributed by atoms with Crippen molar-refractivity contribution >= 4 is 11.3 Å². The lowest BCUT2D eigenvalue weighted by Gasteiger charge is -2.19. The van der Waals surface area contributed by atoms with E-state index in [1.54, 1.807) is 11.3 Å². The van der Waals surface area contributed by atoms with E-state index >= 15 is 0 Å². The number of aromatic nitrogens is 1. The molecule has 1 heterocycles. The summed E-state index contributed by atoms with van der Waals surface area (Å²) in [5.41, 5.74) is 9.64. The van der Waals surface area contributed by atoms with Gasteiger partial charge in [0.15, 0.2) is 0 Å². The van der Waals surface area contributed by atoms with Gasteiger partial charge in [-0.2, -0.15) is 0 Å². The van der Waals surface area contributed by atoms with Gasteiger partial charge in [0.05, 0.1) is 11.2 Å². The van der Waals surface area contributed by atoms with Crippen LogP contribution in [-0.4, -0.2) is 4.98 Å². The number of hydrogen-bond acceptors (Lipinski definition) is 3. The monoisotopic (exact) mass is 288 g/mol. The van der Waals surface area contributed by atoms with Crippen molar-refractivity contribution in [2.24, 2.45) is 5.73 Å². The van der Waals surface area contributed by atoms with E-state index in [1.165, 1.54) is 5.56 Å². The van der Waals surface area contributed by atoms with Crippen molar-refractivity contribution in [1.29, 1.82) is 0 Å². The molecule has 2 aromatic rings. The van der Waals surface area contributed by atoms with Crippen molar-refractivity contribution in [1.82, 2.24) is 4.98 Å². The smallest absolute Gasteiger partial charge is 0.113 e. The normalized spacial score (nSPS) is 15.1. The first kappa shape index (κ1) is 15.2. The first-order valence-corrected chi connectivity index (χ1v) is 7.98. The van der Waals surface area contributed by atoms with E-state index in [1.807, 2.05) is 6.92 Å². The number of hydrogen-bond donors (Lipinski definition) is 1. The molecule has 0 fully saturated rings. The Balaban J connectivity index is 2.29. The van der Waals surface area contributed by atoms with Crippen molar-refractivity contribution in [2.45, 2.75) is 52.0 Å². The third kappa shape index (κ3) is 3.10. The molecule has 2 rings (SSSR count). The zero-order valence-corrected chi connectivity index (χ0v) is 13.8. The molecule has 1 unspecified atom stereocenters. The molecule has 0 aliphatic carbocycles. The number of thiazole rings is 1. The SMILES string of the molecule is CCC(C)(N)c1nc(-c2ccc(C(C)(C)C)cc2)cs1. The van der Waals surface area contributed by atoms with Gasteiger partial charge in [-0.05, 0) is 24.3 Å². The molecule has 20 heavy (non-hydrogen) atoms. The van der Waals surface area contributed by atoms with Crippen molar-refractivity contribution in [3.63, 3.8) is 0 Å². The van der Waals surface area contributed by atoms with Gasteiger partial charge in [0.25, 0.3) is 0 Å². The minimum atomic E-state index is -0.325. The van der Waals surface area contributed by atoms with E-state index in [0.29, 0.717) is 0 Å². The van der Waals surface area contributed by atoms with Crippen LogP contribution in [0.3, 0.4) is 0 Å². The Kier molecular flexibility index (Phi) is 4.03. The molecule has 0 radical (unpaired) electrons. The van der Waals surface area contributed by atoms with Gasteiger partial charge in [0, 0.05) is 10.9 Å². The Hall–Kier alpha value is -1.19. The lowest BCUT2D eigenvalue weighted by atomic mass is 9.86. The first-order valence-electron chi connectivity index (χ1n) is 7.10. The average Bonchev–Trinajstić information content (AvgIpc) is 2.88. The molecule has 2 N–H and O–H groups in total. The van der Waals surface area contributed by atoms with E-state index < -0.39 is 0 Å². The lowest BCUT2D eigenvalue weighted by molar-refractivity contribution is 0.474. The fourth-order valence-corrected chi connectivity index (χ4v) is 2.94. The lowest BCUT2D eigenvalue weighted by Crippen LogP contribution is -2.31. The molecule has 0 saturated carbocycles. The molecule has 0 aliphatic rings. The highest BCUT2D eigenvalue weighted by Crippen LogP contribution is 2.30. The molecule has 0 bridgehead atoms. The molecule has 1 atom stereocenters. The van der Waals surface area contributed by atoms with Gasteiger partial charge in [-0.1, -0.05) is 52.0 Å². The second-order valence-corrected chi connectivity index (χ2v) is 7.49. The standard InChI is InChI=1S/C17H24N2S/c1-6-17(5,18)15-19-14(11-20-15)12-7-9-13(10-8-12)16(2,3)4/h7-11H,6,18H2,1-5H3. The quantitative estimate of drug-likeness (QED) is 0.889. The Morgan fingerprint density at radius 3 is 2.20 bits per heavy atom. The Labute approximate surface area is 126 Å². The van der Waals surface area contributed by atoms with Crippen molar-refractivity contribution < 1.29 is 0 Å². The van der Waals surface area contributed by atoms with Crippen LogP contribution in [0, 0.1) is 0 Å². The van der Waals surface area contributed by atoms with Crippen molar-refractivity contribution in [3.05, 3.63) is 40.2 Å². The van der Waals surface area contributed by atoms with Gasteiger partial charge in [-0.15, -0.1) is 11.3 Å². The summed E-state index contributed by atoms with van der Waals surface area (Å²) in [6.45, 7) is 10.8. The van der Waals surface area contributed by atoms with Crippen LogP contribution in [0.4, 0.5) is 0 Å². The number of rotatable bonds is 3. The second kappa shape index (κ2) is 5.30. The highest BCUT2D eigenvalue weighted by atomic mass is 32.1. The van der Waals surface area contributed by atoms with Gasteiger partial charge in [-0.3, -0.25) is 0 Å². The Bertz CT molecular complexity index is 574. The number of benzene rings is 1. The van der Waals surface area contributed by atoms with Crippen LogP contribution in [0.1, 0.15) is 51.6 Å². The fourth-order valence-electron chi connectivity index (χ4n) is 1.96. The minimum absolute atomic E-state index is 0.184. The molecular weight excluding hydrogens is 264 g/mol. The number of nitrogens with two attached hydrogens (primary N) is 1. The Morgan fingerprint density at radius 1 is 1.10 bits per heavy atom. The number of nitrogens with zero attached hydrogens (tertiary/aromatic N) is 1. The van der Waals surface area contributed by atoms with Gasteiger partial charge in [-0.25, -0.2) is 4.98 Å². The molecule has 1 aromatic heterocycles. The molecule has 0 aliphatic heterocycles. The van der Waals surface area contributed by atoms with Crippen LogP contribution in [0.15, 0.2) is 29.6 Å². The van der Waals surface area contributed by atoms with Crippen LogP contribution in [0.2, 0.25) is 0 Å². The highest BCUT2D eigenvalue weighted by Gasteiger charge is 2.23. The maximum atomic E-state index is 6.26. The summed E-state index contributed by atoms with van der Waals surface area (Å²) < 4.78 is 0. The van der Waals surface area contributed by atoms with Crippen LogP contribution in [0.25, 0.3) is 11.3 Å². The van der Waals surface area contributed by atoms with E-state index in [4.69, 9.17) is 10.7 Å². The largest absolute Gasteiger partial charge is 0.320 e. The summed E-state index contributed by atoms with van der Waals surface area (Å²) in [4.78, 5) is 4.71. The van der Waals surface area contributed by atoms with Crippen LogP contribution < -0.4 is 5.73 Å². The van der Waals surface area contributed by atoms with E-state index in [-0.39, 0.29) is 11.0 Å². The maximum Gasteiger partial charge on any atom is 0.113 e. The molecule has 108 valence electrons. The predicted molar refractivity (Wildman–Crippen MR) is 88.1 cm³/mol. The molecule has 0 spiro atoms. The summed E-state index contributed by atoms with van der Waals surface area (Å²) >= 11 is 1.65. The molecule has 0 amide bonds. The van der Waals surface area contributed by atoms with Crippen LogP contribution in [-0.2, 0) is 11.0 Å². The van der Waals surface area contributed by atoms with Crippen molar-refractivity contribution in [3.8, 4) is 11.3 Å². The van der Waals surface area contributed by atoms with E-state index in [2.05, 4.69) is 57.3 Å². The second-order valence-electron chi connectivity index (χ2n) is 6.64. The summed E-state index contributed by atoms with van der Waals surface area (Å²) in [5, 5.41) is 3.11. The summed E-state index contributed by atoms with van der Waals surface area (Å²) in [5.74, 6) is 0. The molecule has 3 heteroatoms. The van der Waals surface area contributed by atoms with Gasteiger partial charge in [0.2, 0.25) is 0 Å². The minimum Gasteiger partial charge on any atom is -0.320 e. The average molecular weight is 288 g/mol. The molecular formula is C17H24N2S. The maximum absolute atomic E-state index is 6.26. The third-order valence-electron chi connectivity index (χ3n) is 3.77. The molecule has 2 nitrogen and oxygen atoms in total. The summed E-state index contributed by atoms with van der Waals surface area (Å²) in [6, 6.07) is 8.68. The van der Waals surface area contributed by atoms with Gasteiger partial charge >= 0.3 is 0 Å². The topological polar surface area (TPSA) is 38.9 Å². The predicted octanol–water partition coefficient (Wildman–Crippen LogP) is 4.69. The van der Waals surface area contributed by atoms with Crippen LogP contribution in [0.5, 0.6) is 0 Å². The molecule has 0 saturated heterocycles. The summed E-state index contributed by atoms with van der Waals surface area (Å²) in [6.07, 6.45) is 0.892. The van der Waals surface area contributed by atoms with Crippen molar-refractivity contribution in [2.75, 3.05) is 0 Å². The van der Waals surface area contributed by atoms with E-state index in [9.17, 15) is 0 Å². The zero-order chi connectivity index (χ0) is 15.0.